The highest BCUT2D eigenvalue weighted by Crippen LogP contribution is 2.52. The van der Waals surface area contributed by atoms with Crippen LogP contribution >= 0.6 is 0 Å². The summed E-state index contributed by atoms with van der Waals surface area (Å²) in [6.07, 6.45) is 0. The predicted molar refractivity (Wildman–Crippen MR) is 275 cm³/mol. The summed E-state index contributed by atoms with van der Waals surface area (Å²) in [5.41, 5.74) is 17.5. The Kier molecular flexibility index (Phi) is 8.29. The van der Waals surface area contributed by atoms with Crippen molar-refractivity contribution < 1.29 is 4.42 Å². The molecule has 12 aromatic rings. The molecule has 0 bridgehead atoms. The van der Waals surface area contributed by atoms with Crippen LogP contribution in [-0.4, -0.2) is 0 Å². The Morgan fingerprint density at radius 1 is 0.338 bits per heavy atom. The number of para-hydroxylation sites is 1. The lowest BCUT2D eigenvalue weighted by Crippen LogP contribution is -2.16. The van der Waals surface area contributed by atoms with Gasteiger partial charge in [0.2, 0.25) is 0 Å². The molecule has 1 aliphatic rings. The van der Waals surface area contributed by atoms with Crippen LogP contribution in [0.1, 0.15) is 25.0 Å². The minimum absolute atomic E-state index is 0.110. The summed E-state index contributed by atoms with van der Waals surface area (Å²) in [6.45, 7) is 4.73. The lowest BCUT2D eigenvalue weighted by molar-refractivity contribution is 0.662. The number of anilines is 3. The highest BCUT2D eigenvalue weighted by molar-refractivity contribution is 6.12. The van der Waals surface area contributed by atoms with Gasteiger partial charge in [-0.05, 0) is 143 Å². The first-order valence-corrected chi connectivity index (χ1v) is 22.6. The van der Waals surface area contributed by atoms with Crippen LogP contribution < -0.4 is 4.90 Å². The van der Waals surface area contributed by atoms with Gasteiger partial charge in [0.1, 0.15) is 11.2 Å². The fraction of sp³-hybridized carbons (Fsp3) is 0.0476. The van der Waals surface area contributed by atoms with Gasteiger partial charge in [0.25, 0.3) is 0 Å². The van der Waals surface area contributed by atoms with Crippen LogP contribution in [-0.2, 0) is 5.41 Å². The second-order valence-electron chi connectivity index (χ2n) is 18.1. The quantitative estimate of drug-likeness (QED) is 0.155. The number of nitrogens with zero attached hydrogens (tertiary/aromatic N) is 1. The van der Waals surface area contributed by atoms with E-state index in [4.69, 9.17) is 4.42 Å². The number of hydrogen-bond acceptors (Lipinski definition) is 2. The van der Waals surface area contributed by atoms with E-state index in [2.05, 4.69) is 243 Å². The highest BCUT2D eigenvalue weighted by Gasteiger charge is 2.37. The van der Waals surface area contributed by atoms with Gasteiger partial charge in [-0.3, -0.25) is 0 Å². The molecule has 0 spiro atoms. The maximum atomic E-state index is 6.45. The van der Waals surface area contributed by atoms with E-state index in [9.17, 15) is 0 Å². The second-order valence-corrected chi connectivity index (χ2v) is 18.1. The van der Waals surface area contributed by atoms with Gasteiger partial charge in [-0.2, -0.15) is 0 Å². The summed E-state index contributed by atoms with van der Waals surface area (Å²) in [5.74, 6) is 0. The molecule has 0 saturated heterocycles. The first kappa shape index (κ1) is 37.4. The van der Waals surface area contributed by atoms with E-state index in [1.165, 1.54) is 76.8 Å². The van der Waals surface area contributed by atoms with E-state index in [1.807, 2.05) is 0 Å². The fourth-order valence-corrected chi connectivity index (χ4v) is 10.8. The van der Waals surface area contributed by atoms with Crippen LogP contribution in [0.4, 0.5) is 17.1 Å². The average Bonchev–Trinajstić information content (AvgIpc) is 3.83. The predicted octanol–water partition coefficient (Wildman–Crippen LogP) is 17.8. The number of benzene rings is 11. The van der Waals surface area contributed by atoms with Crippen LogP contribution in [0.2, 0.25) is 0 Å². The third-order valence-electron chi connectivity index (χ3n) is 14.0. The molecule has 0 amide bonds. The summed E-state index contributed by atoms with van der Waals surface area (Å²) in [7, 11) is 0. The van der Waals surface area contributed by atoms with Crippen LogP contribution in [0.25, 0.3) is 98.8 Å². The zero-order chi connectivity index (χ0) is 43.2. The molecule has 1 aromatic heterocycles. The monoisotopic (exact) mass is 829 g/mol. The molecule has 0 N–H and O–H groups in total. The first-order valence-electron chi connectivity index (χ1n) is 22.6. The van der Waals surface area contributed by atoms with E-state index in [0.717, 1.165) is 50.1 Å². The molecule has 11 aromatic carbocycles. The molecule has 2 heteroatoms. The number of fused-ring (bicyclic) bond motifs is 10. The fourth-order valence-electron chi connectivity index (χ4n) is 10.8. The smallest absolute Gasteiger partial charge is 0.136 e. The largest absolute Gasteiger partial charge is 0.456 e. The third kappa shape index (κ3) is 5.95. The molecule has 13 rings (SSSR count). The highest BCUT2D eigenvalue weighted by atomic mass is 16.3. The topological polar surface area (TPSA) is 16.4 Å². The Labute approximate surface area is 378 Å². The van der Waals surface area contributed by atoms with Gasteiger partial charge in [0.15, 0.2) is 0 Å². The molecule has 306 valence electrons. The van der Waals surface area contributed by atoms with Crippen molar-refractivity contribution >= 4 is 71.3 Å². The molecule has 1 heterocycles. The molecule has 1 aliphatic carbocycles. The molecule has 0 saturated carbocycles. The van der Waals surface area contributed by atoms with Gasteiger partial charge in [-0.15, -0.1) is 0 Å². The first-order chi connectivity index (χ1) is 32.0. The van der Waals surface area contributed by atoms with Gasteiger partial charge in [0, 0.05) is 33.1 Å². The number of furan rings is 1. The summed E-state index contributed by atoms with van der Waals surface area (Å²) in [4.78, 5) is 2.41. The Morgan fingerprint density at radius 2 is 0.923 bits per heavy atom. The third-order valence-corrected chi connectivity index (χ3v) is 14.0. The molecule has 0 fully saturated rings. The Balaban J connectivity index is 0.939. The Bertz CT molecular complexity index is 3850. The van der Waals surface area contributed by atoms with Crippen molar-refractivity contribution in [2.75, 3.05) is 4.90 Å². The standard InChI is InChI=1S/C63H43NO/c1-63(2)58-20-9-7-17-54(58)55-19-11-18-53(62(55)63)42-26-32-49(33-27-42)64(48-30-24-40(25-31-48)45-28-34-51-46(36-45)23-22-41-12-5-6-15-50(41)51)59-21-10-8-16-52(59)47-29-35-60-56(38-47)57-37-43-13-3-4-14-44(43)39-61(57)65-60/h3-39H,1-2H3. The molecule has 2 nitrogen and oxygen atoms in total. The van der Waals surface area contributed by atoms with Crippen molar-refractivity contribution in [1.29, 1.82) is 0 Å². The van der Waals surface area contributed by atoms with Crippen LogP contribution in [0.3, 0.4) is 0 Å². The van der Waals surface area contributed by atoms with Crippen molar-refractivity contribution in [2.24, 2.45) is 0 Å². The number of hydrogen-bond donors (Lipinski definition) is 0. The minimum atomic E-state index is -0.110. The lowest BCUT2D eigenvalue weighted by Gasteiger charge is -2.28. The Hall–Kier alpha value is -8.20. The molecular formula is C63H43NO. The lowest BCUT2D eigenvalue weighted by atomic mass is 9.79. The van der Waals surface area contributed by atoms with E-state index in [0.29, 0.717) is 0 Å². The van der Waals surface area contributed by atoms with Crippen molar-refractivity contribution in [3.63, 3.8) is 0 Å². The van der Waals surface area contributed by atoms with Crippen molar-refractivity contribution in [3.8, 4) is 44.5 Å². The normalized spacial score (nSPS) is 12.9. The molecule has 65 heavy (non-hydrogen) atoms. The average molecular weight is 830 g/mol. The SMILES string of the molecule is CC1(C)c2ccccc2-c2cccc(-c3ccc(N(c4ccc(-c5ccc6c(ccc7ccccc76)c5)cc4)c4ccccc4-c4ccc5oc6cc7ccccc7cc6c5c4)cc3)c21. The molecule has 0 radical (unpaired) electrons. The summed E-state index contributed by atoms with van der Waals surface area (Å²) in [5, 5.41) is 9.69. The van der Waals surface area contributed by atoms with E-state index in [-0.39, 0.29) is 5.41 Å². The number of rotatable bonds is 6. The van der Waals surface area contributed by atoms with Gasteiger partial charge in [0.05, 0.1) is 5.69 Å². The maximum Gasteiger partial charge on any atom is 0.136 e. The zero-order valence-electron chi connectivity index (χ0n) is 36.2. The van der Waals surface area contributed by atoms with Crippen molar-refractivity contribution in [1.82, 2.24) is 0 Å². The molecular weight excluding hydrogens is 787 g/mol. The minimum Gasteiger partial charge on any atom is -0.456 e. The maximum absolute atomic E-state index is 6.45. The van der Waals surface area contributed by atoms with Gasteiger partial charge in [-0.1, -0.05) is 178 Å². The summed E-state index contributed by atoms with van der Waals surface area (Å²) >= 11 is 0. The van der Waals surface area contributed by atoms with E-state index >= 15 is 0 Å². The molecule has 0 atom stereocenters. The van der Waals surface area contributed by atoms with Crippen molar-refractivity contribution in [3.05, 3.63) is 236 Å². The summed E-state index contributed by atoms with van der Waals surface area (Å²) < 4.78 is 6.45. The van der Waals surface area contributed by atoms with Crippen LogP contribution in [0.15, 0.2) is 229 Å². The molecule has 0 aliphatic heterocycles. The Morgan fingerprint density at radius 3 is 1.74 bits per heavy atom. The van der Waals surface area contributed by atoms with Crippen LogP contribution in [0, 0.1) is 0 Å². The van der Waals surface area contributed by atoms with E-state index < -0.39 is 0 Å². The van der Waals surface area contributed by atoms with Gasteiger partial charge in [-0.25, -0.2) is 0 Å². The molecule has 0 unspecified atom stereocenters. The van der Waals surface area contributed by atoms with E-state index in [1.54, 1.807) is 0 Å². The summed E-state index contributed by atoms with van der Waals surface area (Å²) in [6, 6.07) is 82.3. The second kappa shape index (κ2) is 14.4. The van der Waals surface area contributed by atoms with Gasteiger partial charge >= 0.3 is 0 Å². The van der Waals surface area contributed by atoms with Crippen molar-refractivity contribution in [2.45, 2.75) is 19.3 Å². The zero-order valence-corrected chi connectivity index (χ0v) is 36.2. The van der Waals surface area contributed by atoms with Crippen LogP contribution in [0.5, 0.6) is 0 Å². The van der Waals surface area contributed by atoms with Gasteiger partial charge < -0.3 is 9.32 Å².